The first-order valence-corrected chi connectivity index (χ1v) is 6.81. The summed E-state index contributed by atoms with van der Waals surface area (Å²) >= 11 is 0. The molecule has 3 heteroatoms. The van der Waals surface area contributed by atoms with Crippen molar-refractivity contribution < 1.29 is 9.28 Å². The van der Waals surface area contributed by atoms with Crippen LogP contribution < -0.4 is 5.32 Å². The molecule has 3 nitrogen and oxygen atoms in total. The first-order chi connectivity index (χ1) is 8.59. The topological polar surface area (TPSA) is 29.1 Å². The lowest BCUT2D eigenvalue weighted by Crippen LogP contribution is -2.58. The minimum atomic E-state index is -0.0230. The highest BCUT2D eigenvalue weighted by Gasteiger charge is 2.34. The first kappa shape index (κ1) is 14.7. The molecule has 0 aliphatic rings. The van der Waals surface area contributed by atoms with Gasteiger partial charge in [-0.1, -0.05) is 18.2 Å². The van der Waals surface area contributed by atoms with Gasteiger partial charge in [-0.25, -0.2) is 0 Å². The van der Waals surface area contributed by atoms with E-state index in [-0.39, 0.29) is 11.9 Å². The molecule has 1 aromatic rings. The van der Waals surface area contributed by atoms with Crippen molar-refractivity contribution in [2.75, 3.05) is 25.0 Å². The predicted octanol–water partition coefficient (Wildman–Crippen LogP) is 2.89. The lowest BCUT2D eigenvalue weighted by Gasteiger charge is -2.40. The Hall–Kier alpha value is -1.35. The van der Waals surface area contributed by atoms with Crippen LogP contribution in [0.3, 0.4) is 0 Å². The van der Waals surface area contributed by atoms with Crippen LogP contribution in [-0.2, 0) is 4.79 Å². The molecule has 1 N–H and O–H groups in total. The van der Waals surface area contributed by atoms with Crippen molar-refractivity contribution in [3.63, 3.8) is 0 Å². The number of likely N-dealkylation sites (N-methyl/N-ethyl adjacent to an activating group) is 1. The molecule has 1 aromatic carbocycles. The Kier molecular flexibility index (Phi) is 5.35. The van der Waals surface area contributed by atoms with E-state index in [0.29, 0.717) is 0 Å². The third kappa shape index (κ3) is 3.10. The van der Waals surface area contributed by atoms with E-state index in [1.165, 1.54) is 0 Å². The number of quaternary nitrogens is 1. The smallest absolute Gasteiger partial charge is 0.282 e. The minimum absolute atomic E-state index is 0.0230. The molecule has 0 fully saturated rings. The SMILES string of the molecule is CC[N+](CC)(CC)C(C)C(=O)Nc1ccccc1. The minimum Gasteiger partial charge on any atom is -0.321 e. The molecular formula is C15H25N2O+. The standard InChI is InChI=1S/C15H24N2O/c1-5-17(6-2,7-3)13(4)15(18)16-14-11-9-8-10-12-14/h8-13H,5-7H2,1-4H3/p+1. The zero-order valence-corrected chi connectivity index (χ0v) is 11.9. The molecule has 0 aromatic heterocycles. The molecule has 0 spiro atoms. The zero-order chi connectivity index (χ0) is 13.6. The maximum Gasteiger partial charge on any atom is 0.282 e. The molecule has 1 atom stereocenters. The normalized spacial score (nSPS) is 13.1. The van der Waals surface area contributed by atoms with Gasteiger partial charge < -0.3 is 9.80 Å². The summed E-state index contributed by atoms with van der Waals surface area (Å²) in [5.74, 6) is 0.103. The van der Waals surface area contributed by atoms with Crippen LogP contribution >= 0.6 is 0 Å². The van der Waals surface area contributed by atoms with E-state index >= 15 is 0 Å². The van der Waals surface area contributed by atoms with Crippen LogP contribution in [0.1, 0.15) is 27.7 Å². The summed E-state index contributed by atoms with van der Waals surface area (Å²) in [7, 11) is 0. The number of rotatable bonds is 6. The first-order valence-electron chi connectivity index (χ1n) is 6.81. The molecule has 0 heterocycles. The van der Waals surface area contributed by atoms with Gasteiger partial charge in [-0.2, -0.15) is 0 Å². The number of para-hydroxylation sites is 1. The molecule has 0 radical (unpaired) electrons. The van der Waals surface area contributed by atoms with E-state index in [9.17, 15) is 4.79 Å². The van der Waals surface area contributed by atoms with Crippen LogP contribution in [0.25, 0.3) is 0 Å². The highest BCUT2D eigenvalue weighted by atomic mass is 16.2. The fourth-order valence-corrected chi connectivity index (χ4v) is 2.51. The highest BCUT2D eigenvalue weighted by Crippen LogP contribution is 2.15. The van der Waals surface area contributed by atoms with Crippen molar-refractivity contribution in [2.45, 2.75) is 33.7 Å². The van der Waals surface area contributed by atoms with Crippen LogP contribution in [0.2, 0.25) is 0 Å². The van der Waals surface area contributed by atoms with Crippen LogP contribution in [0.5, 0.6) is 0 Å². The van der Waals surface area contributed by atoms with E-state index in [4.69, 9.17) is 0 Å². The van der Waals surface area contributed by atoms with Crippen LogP contribution in [-0.4, -0.2) is 36.1 Å². The molecule has 18 heavy (non-hydrogen) atoms. The van der Waals surface area contributed by atoms with Crippen LogP contribution in [0.4, 0.5) is 5.69 Å². The number of nitrogens with zero attached hydrogens (tertiary/aromatic N) is 1. The van der Waals surface area contributed by atoms with Crippen molar-refractivity contribution in [3.8, 4) is 0 Å². The van der Waals surface area contributed by atoms with Gasteiger partial charge in [-0.05, 0) is 39.8 Å². The maximum absolute atomic E-state index is 12.3. The van der Waals surface area contributed by atoms with Crippen molar-refractivity contribution in [2.24, 2.45) is 0 Å². The van der Waals surface area contributed by atoms with Crippen molar-refractivity contribution in [1.82, 2.24) is 0 Å². The van der Waals surface area contributed by atoms with E-state index in [0.717, 1.165) is 29.8 Å². The largest absolute Gasteiger partial charge is 0.321 e. The van der Waals surface area contributed by atoms with Crippen LogP contribution in [0.15, 0.2) is 30.3 Å². The van der Waals surface area contributed by atoms with Crippen molar-refractivity contribution >= 4 is 11.6 Å². The maximum atomic E-state index is 12.3. The second kappa shape index (κ2) is 6.55. The summed E-state index contributed by atoms with van der Waals surface area (Å²) in [6, 6.07) is 9.63. The summed E-state index contributed by atoms with van der Waals surface area (Å²) in [6.07, 6.45) is 0. The summed E-state index contributed by atoms with van der Waals surface area (Å²) < 4.78 is 0.832. The van der Waals surface area contributed by atoms with E-state index in [2.05, 4.69) is 26.1 Å². The number of hydrogen-bond donors (Lipinski definition) is 1. The summed E-state index contributed by atoms with van der Waals surface area (Å²) in [5.41, 5.74) is 0.871. The molecule has 1 unspecified atom stereocenters. The van der Waals surface area contributed by atoms with Gasteiger partial charge in [-0.3, -0.25) is 4.79 Å². The van der Waals surface area contributed by atoms with Gasteiger partial charge in [0.25, 0.3) is 5.91 Å². The Morgan fingerprint density at radius 2 is 1.61 bits per heavy atom. The monoisotopic (exact) mass is 249 g/mol. The lowest BCUT2D eigenvalue weighted by molar-refractivity contribution is -0.936. The molecule has 100 valence electrons. The molecule has 1 rings (SSSR count). The van der Waals surface area contributed by atoms with Crippen LogP contribution in [0, 0.1) is 0 Å². The molecule has 1 amide bonds. The van der Waals surface area contributed by atoms with Gasteiger partial charge >= 0.3 is 0 Å². The Morgan fingerprint density at radius 1 is 1.11 bits per heavy atom. The average molecular weight is 249 g/mol. The third-order valence-electron chi connectivity index (χ3n) is 4.13. The van der Waals surface area contributed by atoms with Gasteiger partial charge in [0.2, 0.25) is 0 Å². The molecule has 0 aliphatic carbocycles. The van der Waals surface area contributed by atoms with Gasteiger partial charge in [0.15, 0.2) is 6.04 Å². The Morgan fingerprint density at radius 3 is 2.06 bits per heavy atom. The third-order valence-corrected chi connectivity index (χ3v) is 4.13. The van der Waals surface area contributed by atoms with E-state index in [1.54, 1.807) is 0 Å². The molecule has 0 saturated carbocycles. The van der Waals surface area contributed by atoms with E-state index < -0.39 is 0 Å². The quantitative estimate of drug-likeness (QED) is 0.772. The average Bonchev–Trinajstić information content (AvgIpc) is 2.42. The molecule has 0 bridgehead atoms. The predicted molar refractivity (Wildman–Crippen MR) is 76.4 cm³/mol. The summed E-state index contributed by atoms with van der Waals surface area (Å²) in [4.78, 5) is 12.3. The molecule has 0 aliphatic heterocycles. The Balaban J connectivity index is 2.77. The lowest BCUT2D eigenvalue weighted by atomic mass is 10.1. The summed E-state index contributed by atoms with van der Waals surface area (Å²) in [5, 5.41) is 3.00. The van der Waals surface area contributed by atoms with Crippen molar-refractivity contribution in [1.29, 1.82) is 0 Å². The number of carbonyl (C=O) groups is 1. The van der Waals surface area contributed by atoms with Gasteiger partial charge in [0, 0.05) is 5.69 Å². The molecular weight excluding hydrogens is 224 g/mol. The Labute approximate surface area is 110 Å². The number of amides is 1. The summed E-state index contributed by atoms with van der Waals surface area (Å²) in [6.45, 7) is 11.4. The number of anilines is 1. The highest BCUT2D eigenvalue weighted by molar-refractivity contribution is 5.93. The number of hydrogen-bond acceptors (Lipinski definition) is 1. The fraction of sp³-hybridized carbons (Fsp3) is 0.533. The molecule has 0 saturated heterocycles. The second-order valence-electron chi connectivity index (χ2n) is 4.70. The van der Waals surface area contributed by atoms with Gasteiger partial charge in [0.1, 0.15) is 0 Å². The van der Waals surface area contributed by atoms with Gasteiger partial charge in [0.05, 0.1) is 19.6 Å². The Bertz CT molecular complexity index is 363. The van der Waals surface area contributed by atoms with Crippen molar-refractivity contribution in [3.05, 3.63) is 30.3 Å². The number of benzene rings is 1. The second-order valence-corrected chi connectivity index (χ2v) is 4.70. The number of nitrogens with one attached hydrogen (secondary N) is 1. The fourth-order valence-electron chi connectivity index (χ4n) is 2.51. The number of carbonyl (C=O) groups excluding carboxylic acids is 1. The van der Waals surface area contributed by atoms with Gasteiger partial charge in [-0.15, -0.1) is 0 Å². The van der Waals surface area contributed by atoms with E-state index in [1.807, 2.05) is 37.3 Å². The zero-order valence-electron chi connectivity index (χ0n) is 11.9.